The maximum Gasteiger partial charge on any atom is 0.232 e. The van der Waals surface area contributed by atoms with Crippen LogP contribution in [0.4, 0.5) is 5.69 Å². The fourth-order valence-corrected chi connectivity index (χ4v) is 3.36. The Morgan fingerprint density at radius 1 is 1.11 bits per heavy atom. The van der Waals surface area contributed by atoms with Gasteiger partial charge in [0, 0.05) is 29.2 Å². The van der Waals surface area contributed by atoms with Crippen molar-refractivity contribution in [2.24, 2.45) is 0 Å². The lowest BCUT2D eigenvalue weighted by molar-refractivity contribution is -0.117. The van der Waals surface area contributed by atoms with Crippen LogP contribution in [0.15, 0.2) is 47.0 Å². The molecule has 7 nitrogen and oxygen atoms in total. The number of ether oxygens (including phenoxy) is 2. The third-order valence-corrected chi connectivity index (χ3v) is 4.95. The van der Waals surface area contributed by atoms with Crippen molar-refractivity contribution in [3.63, 3.8) is 0 Å². The third kappa shape index (κ3) is 3.41. The van der Waals surface area contributed by atoms with E-state index in [0.29, 0.717) is 41.2 Å². The summed E-state index contributed by atoms with van der Waals surface area (Å²) in [6.45, 7) is 0.480. The van der Waals surface area contributed by atoms with Crippen LogP contribution >= 0.6 is 11.6 Å². The summed E-state index contributed by atoms with van der Waals surface area (Å²) in [7, 11) is 3.15. The summed E-state index contributed by atoms with van der Waals surface area (Å²) in [6.07, 6.45) is 0.316. The molecule has 0 spiro atoms. The molecular weight excluding hydrogens is 382 g/mol. The quantitative estimate of drug-likeness (QED) is 0.647. The molecule has 2 heterocycles. The monoisotopic (exact) mass is 399 g/mol. The van der Waals surface area contributed by atoms with Crippen molar-refractivity contribution < 1.29 is 18.8 Å². The van der Waals surface area contributed by atoms with Crippen molar-refractivity contribution >= 4 is 23.2 Å². The highest BCUT2D eigenvalue weighted by Crippen LogP contribution is 2.34. The third-order valence-electron chi connectivity index (χ3n) is 4.70. The van der Waals surface area contributed by atoms with Crippen molar-refractivity contribution in [2.45, 2.75) is 12.3 Å². The Morgan fingerprint density at radius 2 is 1.86 bits per heavy atom. The Labute approximate surface area is 166 Å². The van der Waals surface area contributed by atoms with Crippen LogP contribution in [0.25, 0.3) is 11.4 Å². The Bertz CT molecular complexity index is 1000. The van der Waals surface area contributed by atoms with Gasteiger partial charge in [0.2, 0.25) is 17.6 Å². The molecule has 0 saturated carbocycles. The van der Waals surface area contributed by atoms with E-state index in [4.69, 9.17) is 25.6 Å². The Morgan fingerprint density at radius 3 is 2.57 bits per heavy atom. The van der Waals surface area contributed by atoms with Gasteiger partial charge < -0.3 is 18.9 Å². The van der Waals surface area contributed by atoms with Crippen LogP contribution in [0.3, 0.4) is 0 Å². The van der Waals surface area contributed by atoms with Crippen LogP contribution in [-0.4, -0.2) is 36.8 Å². The van der Waals surface area contributed by atoms with E-state index in [0.717, 1.165) is 11.3 Å². The van der Waals surface area contributed by atoms with E-state index >= 15 is 0 Å². The lowest BCUT2D eigenvalue weighted by Crippen LogP contribution is -2.24. The lowest BCUT2D eigenvalue weighted by Gasteiger charge is -2.15. The van der Waals surface area contributed by atoms with Crippen LogP contribution in [0.5, 0.6) is 11.5 Å². The molecule has 0 bridgehead atoms. The molecule has 0 unspecified atom stereocenters. The maximum atomic E-state index is 12.4. The normalized spacial score (nSPS) is 16.5. The summed E-state index contributed by atoms with van der Waals surface area (Å²) >= 11 is 5.93. The summed E-state index contributed by atoms with van der Waals surface area (Å²) in [5, 5.41) is 4.69. The van der Waals surface area contributed by atoms with E-state index in [2.05, 4.69) is 10.1 Å². The second kappa shape index (κ2) is 7.52. The summed E-state index contributed by atoms with van der Waals surface area (Å²) < 4.78 is 16.0. The highest BCUT2D eigenvalue weighted by Gasteiger charge is 2.35. The zero-order valence-electron chi connectivity index (χ0n) is 15.4. The van der Waals surface area contributed by atoms with E-state index in [1.165, 1.54) is 0 Å². The number of carbonyl (C=O) groups excluding carboxylic acids is 1. The van der Waals surface area contributed by atoms with Crippen molar-refractivity contribution in [3.05, 3.63) is 53.4 Å². The molecule has 0 aliphatic carbocycles. The first kappa shape index (κ1) is 18.3. The predicted octanol–water partition coefficient (Wildman–Crippen LogP) is 3.93. The zero-order chi connectivity index (χ0) is 19.7. The number of aromatic nitrogens is 2. The fraction of sp³-hybridized carbons (Fsp3) is 0.250. The molecule has 1 aromatic heterocycles. The number of amides is 1. The molecule has 144 valence electrons. The Hall–Kier alpha value is -3.06. The highest BCUT2D eigenvalue weighted by molar-refractivity contribution is 6.30. The second-order valence-corrected chi connectivity index (χ2v) is 6.84. The van der Waals surface area contributed by atoms with Crippen LogP contribution in [0.2, 0.25) is 5.02 Å². The number of hydrogen-bond acceptors (Lipinski definition) is 6. The van der Waals surface area contributed by atoms with Gasteiger partial charge in [-0.05, 0) is 42.5 Å². The van der Waals surface area contributed by atoms with Gasteiger partial charge in [-0.25, -0.2) is 0 Å². The van der Waals surface area contributed by atoms with Gasteiger partial charge in [-0.2, -0.15) is 4.98 Å². The minimum Gasteiger partial charge on any atom is -0.493 e. The molecule has 3 aromatic rings. The maximum absolute atomic E-state index is 12.4. The van der Waals surface area contributed by atoms with E-state index < -0.39 is 0 Å². The Kier molecular flexibility index (Phi) is 4.92. The van der Waals surface area contributed by atoms with Gasteiger partial charge in [0.25, 0.3) is 0 Å². The largest absolute Gasteiger partial charge is 0.493 e. The number of anilines is 1. The van der Waals surface area contributed by atoms with Gasteiger partial charge in [0.15, 0.2) is 11.5 Å². The molecule has 28 heavy (non-hydrogen) atoms. The molecule has 1 amide bonds. The molecule has 0 N–H and O–H groups in total. The van der Waals surface area contributed by atoms with Gasteiger partial charge >= 0.3 is 0 Å². The summed E-state index contributed by atoms with van der Waals surface area (Å²) in [5.74, 6) is 1.93. The first-order valence-electron chi connectivity index (χ1n) is 8.71. The SMILES string of the molecule is COc1ccc(-c2noc([C@H]3CC(=O)N(c4ccc(Cl)cc4)C3)n2)cc1OC. The molecule has 1 aliphatic heterocycles. The van der Waals surface area contributed by atoms with Crippen molar-refractivity contribution in [3.8, 4) is 22.9 Å². The number of halogens is 1. The molecule has 4 rings (SSSR count). The van der Waals surface area contributed by atoms with Crippen LogP contribution in [-0.2, 0) is 4.79 Å². The van der Waals surface area contributed by atoms with Gasteiger partial charge in [-0.1, -0.05) is 16.8 Å². The topological polar surface area (TPSA) is 77.7 Å². The van der Waals surface area contributed by atoms with E-state index in [1.54, 1.807) is 43.4 Å². The predicted molar refractivity (Wildman–Crippen MR) is 104 cm³/mol. The number of benzene rings is 2. The van der Waals surface area contributed by atoms with Crippen LogP contribution in [0.1, 0.15) is 18.2 Å². The first-order chi connectivity index (χ1) is 13.6. The van der Waals surface area contributed by atoms with E-state index in [9.17, 15) is 4.79 Å². The zero-order valence-corrected chi connectivity index (χ0v) is 16.1. The molecule has 1 saturated heterocycles. The summed E-state index contributed by atoms with van der Waals surface area (Å²) in [5.41, 5.74) is 1.54. The standard InChI is InChI=1S/C20H18ClN3O4/c1-26-16-8-3-12(9-17(16)27-2)19-22-20(28-23-19)13-10-18(25)24(11-13)15-6-4-14(21)5-7-15/h3-9,13H,10-11H2,1-2H3/t13-/m0/s1. The fourth-order valence-electron chi connectivity index (χ4n) is 3.24. The van der Waals surface area contributed by atoms with Crippen molar-refractivity contribution in [1.82, 2.24) is 10.1 Å². The van der Waals surface area contributed by atoms with Gasteiger partial charge in [-0.15, -0.1) is 0 Å². The number of hydrogen-bond donors (Lipinski definition) is 0. The number of rotatable bonds is 5. The van der Waals surface area contributed by atoms with E-state index in [1.807, 2.05) is 18.2 Å². The Balaban J connectivity index is 1.55. The minimum absolute atomic E-state index is 0.0122. The van der Waals surface area contributed by atoms with Gasteiger partial charge in [0.05, 0.1) is 20.1 Å². The van der Waals surface area contributed by atoms with Crippen LogP contribution < -0.4 is 14.4 Å². The molecule has 1 atom stereocenters. The summed E-state index contributed by atoms with van der Waals surface area (Å²) in [6, 6.07) is 12.6. The first-order valence-corrected chi connectivity index (χ1v) is 9.08. The lowest BCUT2D eigenvalue weighted by atomic mass is 10.1. The number of nitrogens with zero attached hydrogens (tertiary/aromatic N) is 3. The van der Waals surface area contributed by atoms with Crippen molar-refractivity contribution in [2.75, 3.05) is 25.7 Å². The molecule has 1 fully saturated rings. The molecular formula is C20H18ClN3O4. The molecule has 2 aromatic carbocycles. The molecule has 8 heteroatoms. The average molecular weight is 400 g/mol. The smallest absolute Gasteiger partial charge is 0.232 e. The average Bonchev–Trinajstić information content (AvgIpc) is 3.35. The van der Waals surface area contributed by atoms with E-state index in [-0.39, 0.29) is 11.8 Å². The van der Waals surface area contributed by atoms with Gasteiger partial charge in [-0.3, -0.25) is 4.79 Å². The van der Waals surface area contributed by atoms with Crippen LogP contribution in [0, 0.1) is 0 Å². The van der Waals surface area contributed by atoms with Crippen molar-refractivity contribution in [1.29, 1.82) is 0 Å². The number of carbonyl (C=O) groups is 1. The van der Waals surface area contributed by atoms with Gasteiger partial charge in [0.1, 0.15) is 0 Å². The molecule has 0 radical (unpaired) electrons. The molecule has 1 aliphatic rings. The second-order valence-electron chi connectivity index (χ2n) is 6.41. The summed E-state index contributed by atoms with van der Waals surface area (Å²) in [4.78, 5) is 18.7. The minimum atomic E-state index is -0.162. The number of methoxy groups -OCH3 is 2. The highest BCUT2D eigenvalue weighted by atomic mass is 35.5.